The van der Waals surface area contributed by atoms with E-state index in [4.69, 9.17) is 0 Å². The fourth-order valence-corrected chi connectivity index (χ4v) is 3.72. The van der Waals surface area contributed by atoms with Gasteiger partial charge in [0.15, 0.2) is 0 Å². The second-order valence-corrected chi connectivity index (χ2v) is 7.00. The van der Waals surface area contributed by atoms with Gasteiger partial charge in [-0.2, -0.15) is 0 Å². The molecule has 2 nitrogen and oxygen atoms in total. The number of allylic oxidation sites excluding steroid dienone is 1. The molecule has 2 heteroatoms. The zero-order chi connectivity index (χ0) is 12.8. The average Bonchev–Trinajstić information content (AvgIpc) is 2.23. The van der Waals surface area contributed by atoms with Crippen LogP contribution in [0, 0.1) is 17.3 Å². The van der Waals surface area contributed by atoms with E-state index in [0.29, 0.717) is 11.8 Å². The zero-order valence-electron chi connectivity index (χ0n) is 11.5. The van der Waals surface area contributed by atoms with Crippen molar-refractivity contribution in [2.75, 3.05) is 0 Å². The maximum atomic E-state index is 10.6. The molecule has 0 aromatic carbocycles. The lowest BCUT2D eigenvalue weighted by atomic mass is 9.49. The maximum Gasteiger partial charge on any atom is 0.0750 e. The van der Waals surface area contributed by atoms with Crippen LogP contribution in [0.3, 0.4) is 0 Å². The van der Waals surface area contributed by atoms with Crippen LogP contribution < -0.4 is 0 Å². The summed E-state index contributed by atoms with van der Waals surface area (Å²) in [6.07, 6.45) is 5.34. The molecule has 1 fully saturated rings. The Morgan fingerprint density at radius 2 is 1.88 bits per heavy atom. The highest BCUT2D eigenvalue weighted by Gasteiger charge is 2.54. The summed E-state index contributed by atoms with van der Waals surface area (Å²) in [6, 6.07) is 0. The van der Waals surface area contributed by atoms with Crippen molar-refractivity contribution in [2.24, 2.45) is 17.3 Å². The summed E-state index contributed by atoms with van der Waals surface area (Å²) in [5, 5.41) is 20.8. The number of hydrogen-bond donors (Lipinski definition) is 2. The van der Waals surface area contributed by atoms with Crippen molar-refractivity contribution < 1.29 is 10.2 Å². The van der Waals surface area contributed by atoms with Crippen molar-refractivity contribution in [3.63, 3.8) is 0 Å². The lowest BCUT2D eigenvalue weighted by Gasteiger charge is -2.57. The SMILES string of the molecule is C/C1=C/CC[C@@](C)(O)[C@H]2CC(C)(C)[C@@H]2C[C@@H]1O. The second-order valence-electron chi connectivity index (χ2n) is 7.00. The molecule has 98 valence electrons. The van der Waals surface area contributed by atoms with Crippen molar-refractivity contribution in [2.45, 2.75) is 65.1 Å². The Kier molecular flexibility index (Phi) is 3.16. The van der Waals surface area contributed by atoms with Gasteiger partial charge in [0.25, 0.3) is 0 Å². The molecule has 0 aromatic rings. The van der Waals surface area contributed by atoms with E-state index in [1.165, 1.54) is 0 Å². The average molecular weight is 238 g/mol. The van der Waals surface area contributed by atoms with Crippen LogP contribution in [0.25, 0.3) is 0 Å². The molecule has 2 aliphatic rings. The van der Waals surface area contributed by atoms with Gasteiger partial charge in [-0.1, -0.05) is 19.9 Å². The van der Waals surface area contributed by atoms with Gasteiger partial charge in [-0.3, -0.25) is 0 Å². The van der Waals surface area contributed by atoms with Gasteiger partial charge < -0.3 is 10.2 Å². The Labute approximate surface area is 105 Å². The first-order valence-corrected chi connectivity index (χ1v) is 6.81. The van der Waals surface area contributed by atoms with Crippen LogP contribution in [0.1, 0.15) is 53.4 Å². The smallest absolute Gasteiger partial charge is 0.0750 e. The van der Waals surface area contributed by atoms with Gasteiger partial charge in [0, 0.05) is 0 Å². The quantitative estimate of drug-likeness (QED) is 0.637. The first-order valence-electron chi connectivity index (χ1n) is 6.81. The minimum Gasteiger partial charge on any atom is -0.390 e. The van der Waals surface area contributed by atoms with Crippen molar-refractivity contribution in [1.82, 2.24) is 0 Å². The number of aliphatic hydroxyl groups is 2. The summed E-state index contributed by atoms with van der Waals surface area (Å²) >= 11 is 0. The number of fused-ring (bicyclic) bond motifs is 1. The monoisotopic (exact) mass is 238 g/mol. The van der Waals surface area contributed by atoms with E-state index in [2.05, 4.69) is 19.9 Å². The zero-order valence-corrected chi connectivity index (χ0v) is 11.5. The first-order chi connectivity index (χ1) is 7.74. The van der Waals surface area contributed by atoms with Gasteiger partial charge in [-0.05, 0) is 62.4 Å². The van der Waals surface area contributed by atoms with Crippen LogP contribution >= 0.6 is 0 Å². The molecule has 0 spiro atoms. The van der Waals surface area contributed by atoms with Gasteiger partial charge in [-0.25, -0.2) is 0 Å². The molecule has 2 rings (SSSR count). The van der Waals surface area contributed by atoms with Crippen molar-refractivity contribution in [3.05, 3.63) is 11.6 Å². The second kappa shape index (κ2) is 4.10. The van der Waals surface area contributed by atoms with Crippen LogP contribution in [0.5, 0.6) is 0 Å². The Balaban J connectivity index is 2.24. The van der Waals surface area contributed by atoms with E-state index in [1.807, 2.05) is 13.8 Å². The largest absolute Gasteiger partial charge is 0.390 e. The minimum absolute atomic E-state index is 0.264. The van der Waals surface area contributed by atoms with Crippen LogP contribution in [0.2, 0.25) is 0 Å². The molecule has 17 heavy (non-hydrogen) atoms. The summed E-state index contributed by atoms with van der Waals surface area (Å²) in [5.74, 6) is 0.792. The molecule has 0 heterocycles. The Hall–Kier alpha value is -0.340. The molecular weight excluding hydrogens is 212 g/mol. The van der Waals surface area contributed by atoms with Crippen LogP contribution in [-0.2, 0) is 0 Å². The molecule has 0 radical (unpaired) electrons. The van der Waals surface area contributed by atoms with E-state index in [0.717, 1.165) is 31.3 Å². The van der Waals surface area contributed by atoms with Gasteiger partial charge in [0.2, 0.25) is 0 Å². The third-order valence-electron chi connectivity index (χ3n) is 5.15. The Bertz CT molecular complexity index is 328. The summed E-state index contributed by atoms with van der Waals surface area (Å²) in [6.45, 7) is 8.49. The van der Waals surface area contributed by atoms with Gasteiger partial charge in [0.1, 0.15) is 0 Å². The van der Waals surface area contributed by atoms with E-state index >= 15 is 0 Å². The normalized spacial score (nSPS) is 48.8. The van der Waals surface area contributed by atoms with Crippen molar-refractivity contribution >= 4 is 0 Å². The Morgan fingerprint density at radius 3 is 2.47 bits per heavy atom. The van der Waals surface area contributed by atoms with Gasteiger partial charge in [0.05, 0.1) is 11.7 Å². The molecule has 0 amide bonds. The standard InChI is InChI=1S/C15H26O2/c1-10-6-5-7-15(4,17)12-9-14(2,3)11(12)8-13(10)16/h6,11-13,16-17H,5,7-9H2,1-4H3/b10-6-/t11-,12+,13+,15-/m1/s1. The fourth-order valence-electron chi connectivity index (χ4n) is 3.72. The van der Waals surface area contributed by atoms with Crippen molar-refractivity contribution in [3.8, 4) is 0 Å². The first kappa shape index (κ1) is 13.1. The third-order valence-corrected chi connectivity index (χ3v) is 5.15. The number of hydrogen-bond acceptors (Lipinski definition) is 2. The lowest BCUT2D eigenvalue weighted by molar-refractivity contribution is -0.148. The molecule has 0 aromatic heterocycles. The van der Waals surface area contributed by atoms with Gasteiger partial charge in [-0.15, -0.1) is 0 Å². The fraction of sp³-hybridized carbons (Fsp3) is 0.867. The number of rotatable bonds is 0. The van der Waals surface area contributed by atoms with Crippen LogP contribution in [0.15, 0.2) is 11.6 Å². The predicted molar refractivity (Wildman–Crippen MR) is 69.6 cm³/mol. The molecule has 0 unspecified atom stereocenters. The third kappa shape index (κ3) is 2.30. The summed E-state index contributed by atoms with van der Waals surface area (Å²) in [7, 11) is 0. The highest BCUT2D eigenvalue weighted by atomic mass is 16.3. The highest BCUT2D eigenvalue weighted by Crippen LogP contribution is 2.58. The molecule has 2 aliphatic carbocycles. The minimum atomic E-state index is -0.568. The summed E-state index contributed by atoms with van der Waals surface area (Å²) in [5.41, 5.74) is 0.769. The lowest BCUT2D eigenvalue weighted by Crippen LogP contribution is -2.55. The molecule has 0 aliphatic heterocycles. The van der Waals surface area contributed by atoms with E-state index in [-0.39, 0.29) is 11.5 Å². The number of aliphatic hydroxyl groups excluding tert-OH is 1. The Morgan fingerprint density at radius 1 is 1.24 bits per heavy atom. The van der Waals surface area contributed by atoms with Crippen LogP contribution in [0.4, 0.5) is 0 Å². The van der Waals surface area contributed by atoms with E-state index < -0.39 is 5.60 Å². The molecular formula is C15H26O2. The van der Waals surface area contributed by atoms with Crippen molar-refractivity contribution in [1.29, 1.82) is 0 Å². The van der Waals surface area contributed by atoms with E-state index in [1.54, 1.807) is 0 Å². The van der Waals surface area contributed by atoms with Gasteiger partial charge >= 0.3 is 0 Å². The molecule has 4 atom stereocenters. The molecule has 1 saturated carbocycles. The predicted octanol–water partition coefficient (Wildman–Crippen LogP) is 2.89. The summed E-state index contributed by atoms with van der Waals surface area (Å²) < 4.78 is 0. The maximum absolute atomic E-state index is 10.6. The van der Waals surface area contributed by atoms with Crippen LogP contribution in [-0.4, -0.2) is 21.9 Å². The molecule has 0 bridgehead atoms. The topological polar surface area (TPSA) is 40.5 Å². The molecule has 2 N–H and O–H groups in total. The van der Waals surface area contributed by atoms with E-state index in [9.17, 15) is 10.2 Å². The summed E-state index contributed by atoms with van der Waals surface area (Å²) in [4.78, 5) is 0. The highest BCUT2D eigenvalue weighted by molar-refractivity contribution is 5.12. The molecule has 0 saturated heterocycles.